The van der Waals surface area contributed by atoms with Gasteiger partial charge < -0.3 is 19.5 Å². The van der Waals surface area contributed by atoms with Crippen molar-refractivity contribution >= 4 is 24.0 Å². The molecule has 4 nitrogen and oxygen atoms in total. The third-order valence-corrected chi connectivity index (χ3v) is 4.11. The molecule has 2 rings (SSSR count). The highest BCUT2D eigenvalue weighted by atomic mass is 35.5. The molecule has 0 saturated heterocycles. The van der Waals surface area contributed by atoms with Gasteiger partial charge in [-0.3, -0.25) is 0 Å². The number of benzene rings is 2. The first kappa shape index (κ1) is 22.6. The van der Waals surface area contributed by atoms with Gasteiger partial charge >= 0.3 is 0 Å². The van der Waals surface area contributed by atoms with Gasteiger partial charge in [0, 0.05) is 30.3 Å². The second-order valence-corrected chi connectivity index (χ2v) is 6.00. The summed E-state index contributed by atoms with van der Waals surface area (Å²) in [6.45, 7) is 5.69. The zero-order valence-corrected chi connectivity index (χ0v) is 16.9. The van der Waals surface area contributed by atoms with Gasteiger partial charge in [-0.2, -0.15) is 0 Å². The van der Waals surface area contributed by atoms with E-state index >= 15 is 0 Å². The molecular formula is C20H27Cl2NO3. The van der Waals surface area contributed by atoms with Crippen molar-refractivity contribution < 1.29 is 14.2 Å². The molecule has 0 spiro atoms. The molecular weight excluding hydrogens is 373 g/mol. The van der Waals surface area contributed by atoms with Crippen LogP contribution in [0.3, 0.4) is 0 Å². The molecule has 26 heavy (non-hydrogen) atoms. The number of methoxy groups -OCH3 is 1. The maximum Gasteiger partial charge on any atom is 0.161 e. The first-order valence-corrected chi connectivity index (χ1v) is 8.94. The van der Waals surface area contributed by atoms with Crippen LogP contribution in [0.15, 0.2) is 42.5 Å². The molecule has 0 bridgehead atoms. The molecule has 2 aromatic rings. The molecule has 0 aliphatic carbocycles. The predicted molar refractivity (Wildman–Crippen MR) is 109 cm³/mol. The quantitative estimate of drug-likeness (QED) is 0.547. The first-order valence-electron chi connectivity index (χ1n) is 8.56. The van der Waals surface area contributed by atoms with Crippen molar-refractivity contribution in [2.24, 2.45) is 0 Å². The van der Waals surface area contributed by atoms with Crippen LogP contribution in [0.1, 0.15) is 24.5 Å². The SMILES string of the molecule is CCOCCCNCc1ccc(OCc2ccccc2Cl)c(OC)c1.Cl. The van der Waals surface area contributed by atoms with Gasteiger partial charge in [0.2, 0.25) is 0 Å². The van der Waals surface area contributed by atoms with Gasteiger partial charge in [0.1, 0.15) is 6.61 Å². The summed E-state index contributed by atoms with van der Waals surface area (Å²) in [6, 6.07) is 13.6. The minimum absolute atomic E-state index is 0. The van der Waals surface area contributed by atoms with Crippen LogP contribution in [0.5, 0.6) is 11.5 Å². The van der Waals surface area contributed by atoms with Crippen molar-refractivity contribution in [2.75, 3.05) is 26.9 Å². The molecule has 144 valence electrons. The Bertz CT molecular complexity index is 653. The summed E-state index contributed by atoms with van der Waals surface area (Å²) >= 11 is 6.16. The fourth-order valence-electron chi connectivity index (χ4n) is 2.39. The van der Waals surface area contributed by atoms with E-state index in [-0.39, 0.29) is 12.4 Å². The van der Waals surface area contributed by atoms with Gasteiger partial charge in [0.25, 0.3) is 0 Å². The Balaban J connectivity index is 0.00000338. The fraction of sp³-hybridized carbons (Fsp3) is 0.400. The van der Waals surface area contributed by atoms with Gasteiger partial charge in [0.15, 0.2) is 11.5 Å². The van der Waals surface area contributed by atoms with E-state index in [0.29, 0.717) is 17.4 Å². The van der Waals surface area contributed by atoms with E-state index in [9.17, 15) is 0 Å². The van der Waals surface area contributed by atoms with Crippen LogP contribution in [-0.4, -0.2) is 26.9 Å². The van der Waals surface area contributed by atoms with Crippen LogP contribution in [0.2, 0.25) is 5.02 Å². The second kappa shape index (κ2) is 12.8. The van der Waals surface area contributed by atoms with Crippen LogP contribution in [0.25, 0.3) is 0 Å². The lowest BCUT2D eigenvalue weighted by molar-refractivity contribution is 0.144. The lowest BCUT2D eigenvalue weighted by Gasteiger charge is -2.13. The Morgan fingerprint density at radius 1 is 1.08 bits per heavy atom. The van der Waals surface area contributed by atoms with Gasteiger partial charge in [-0.25, -0.2) is 0 Å². The summed E-state index contributed by atoms with van der Waals surface area (Å²) in [7, 11) is 1.65. The van der Waals surface area contributed by atoms with Crippen molar-refractivity contribution in [1.82, 2.24) is 5.32 Å². The zero-order chi connectivity index (χ0) is 17.9. The monoisotopic (exact) mass is 399 g/mol. The number of nitrogens with one attached hydrogen (secondary N) is 1. The Morgan fingerprint density at radius 3 is 2.62 bits per heavy atom. The van der Waals surface area contributed by atoms with E-state index in [4.69, 9.17) is 25.8 Å². The van der Waals surface area contributed by atoms with Crippen molar-refractivity contribution in [3.05, 3.63) is 58.6 Å². The summed E-state index contributed by atoms with van der Waals surface area (Å²) in [4.78, 5) is 0. The largest absolute Gasteiger partial charge is 0.493 e. The summed E-state index contributed by atoms with van der Waals surface area (Å²) in [6.07, 6.45) is 1.00. The van der Waals surface area contributed by atoms with E-state index in [1.54, 1.807) is 7.11 Å². The molecule has 0 saturated carbocycles. The molecule has 0 fully saturated rings. The van der Waals surface area contributed by atoms with Gasteiger partial charge in [-0.15, -0.1) is 12.4 Å². The highest BCUT2D eigenvalue weighted by Gasteiger charge is 2.07. The van der Waals surface area contributed by atoms with Crippen molar-refractivity contribution in [3.8, 4) is 11.5 Å². The maximum atomic E-state index is 6.16. The number of ether oxygens (including phenoxy) is 3. The molecule has 1 N–H and O–H groups in total. The fourth-order valence-corrected chi connectivity index (χ4v) is 2.58. The predicted octanol–water partition coefficient (Wildman–Crippen LogP) is 4.87. The highest BCUT2D eigenvalue weighted by molar-refractivity contribution is 6.31. The summed E-state index contributed by atoms with van der Waals surface area (Å²) < 4.78 is 16.7. The number of halogens is 2. The number of rotatable bonds is 11. The topological polar surface area (TPSA) is 39.7 Å². The van der Waals surface area contributed by atoms with Crippen LogP contribution < -0.4 is 14.8 Å². The van der Waals surface area contributed by atoms with Crippen molar-refractivity contribution in [2.45, 2.75) is 26.5 Å². The molecule has 0 heterocycles. The van der Waals surface area contributed by atoms with E-state index < -0.39 is 0 Å². The van der Waals surface area contributed by atoms with Gasteiger partial charge in [0.05, 0.1) is 7.11 Å². The smallest absolute Gasteiger partial charge is 0.161 e. The lowest BCUT2D eigenvalue weighted by atomic mass is 10.2. The van der Waals surface area contributed by atoms with Gasteiger partial charge in [-0.1, -0.05) is 35.9 Å². The zero-order valence-electron chi connectivity index (χ0n) is 15.3. The van der Waals surface area contributed by atoms with Crippen LogP contribution in [-0.2, 0) is 17.9 Å². The van der Waals surface area contributed by atoms with Crippen LogP contribution >= 0.6 is 24.0 Å². The van der Waals surface area contributed by atoms with E-state index in [1.807, 2.05) is 49.4 Å². The Kier molecular flexibility index (Phi) is 11.1. The van der Waals surface area contributed by atoms with E-state index in [2.05, 4.69) is 5.32 Å². The third kappa shape index (κ3) is 7.42. The third-order valence-electron chi connectivity index (χ3n) is 3.74. The molecule has 0 aliphatic rings. The van der Waals surface area contributed by atoms with E-state index in [0.717, 1.165) is 49.6 Å². The molecule has 0 unspecified atom stereocenters. The molecule has 0 aliphatic heterocycles. The van der Waals surface area contributed by atoms with Gasteiger partial charge in [-0.05, 0) is 43.7 Å². The second-order valence-electron chi connectivity index (χ2n) is 5.59. The molecule has 2 aromatic carbocycles. The van der Waals surface area contributed by atoms with Crippen molar-refractivity contribution in [1.29, 1.82) is 0 Å². The normalized spacial score (nSPS) is 10.3. The number of hydrogen-bond donors (Lipinski definition) is 1. The molecule has 0 aromatic heterocycles. The minimum Gasteiger partial charge on any atom is -0.493 e. The Labute approximate surface area is 167 Å². The average Bonchev–Trinajstić information content (AvgIpc) is 2.64. The lowest BCUT2D eigenvalue weighted by Crippen LogP contribution is -2.16. The van der Waals surface area contributed by atoms with Crippen LogP contribution in [0.4, 0.5) is 0 Å². The first-order chi connectivity index (χ1) is 12.2. The minimum atomic E-state index is 0. The summed E-state index contributed by atoms with van der Waals surface area (Å²) in [5.41, 5.74) is 2.10. The highest BCUT2D eigenvalue weighted by Crippen LogP contribution is 2.29. The molecule has 0 amide bonds. The Hall–Kier alpha value is -1.46. The summed E-state index contributed by atoms with van der Waals surface area (Å²) in [5, 5.41) is 4.11. The molecule has 0 atom stereocenters. The number of hydrogen-bond acceptors (Lipinski definition) is 4. The van der Waals surface area contributed by atoms with Crippen molar-refractivity contribution in [3.63, 3.8) is 0 Å². The summed E-state index contributed by atoms with van der Waals surface area (Å²) in [5.74, 6) is 1.43. The van der Waals surface area contributed by atoms with E-state index in [1.165, 1.54) is 0 Å². The standard InChI is InChI=1S/C20H26ClNO3.ClH/c1-3-24-12-6-11-22-14-16-9-10-19(20(13-16)23-2)25-15-17-7-4-5-8-18(17)21;/h4-5,7-10,13,22H,3,6,11-12,14-15H2,1-2H3;1H. The maximum absolute atomic E-state index is 6.16. The van der Waals surface area contributed by atoms with Crippen LogP contribution in [0, 0.1) is 0 Å². The Morgan fingerprint density at radius 2 is 1.88 bits per heavy atom. The average molecular weight is 400 g/mol. The molecule has 6 heteroatoms. The molecule has 0 radical (unpaired) electrons.